The molecule has 0 unspecified atom stereocenters. The number of hydrogen-bond acceptors (Lipinski definition) is 2. The summed E-state index contributed by atoms with van der Waals surface area (Å²) in [6.45, 7) is 5.30. The maximum absolute atomic E-state index is 4.38. The van der Waals surface area contributed by atoms with Gasteiger partial charge in [0.1, 0.15) is 0 Å². The first-order valence-electron chi connectivity index (χ1n) is 7.66. The Labute approximate surface area is 187 Å². The Morgan fingerprint density at radius 3 is 2.28 bits per heavy atom. The molecule has 0 aliphatic carbocycles. The molecule has 3 rings (SSSR count). The zero-order chi connectivity index (χ0) is 18.4. The summed E-state index contributed by atoms with van der Waals surface area (Å²) in [7, 11) is 1.95. The van der Waals surface area contributed by atoms with Crippen molar-refractivity contribution in [2.24, 2.45) is 7.05 Å². The molecule has 0 saturated carbocycles. The van der Waals surface area contributed by atoms with Crippen LogP contribution in [0.4, 0.5) is 0 Å². The van der Waals surface area contributed by atoms with E-state index >= 15 is 0 Å². The van der Waals surface area contributed by atoms with Crippen LogP contribution in [0.1, 0.15) is 16.7 Å². The van der Waals surface area contributed by atoms with E-state index in [0.29, 0.717) is 0 Å². The van der Waals surface area contributed by atoms with Crippen molar-refractivity contribution in [1.29, 1.82) is 0 Å². The Morgan fingerprint density at radius 1 is 1.08 bits per heavy atom. The minimum absolute atomic E-state index is 0.910. The van der Waals surface area contributed by atoms with Crippen LogP contribution >= 0.6 is 45.7 Å². The summed E-state index contributed by atoms with van der Waals surface area (Å²) in [6.07, 6.45) is 0. The fourth-order valence-electron chi connectivity index (χ4n) is 2.15. The Morgan fingerprint density at radius 2 is 1.76 bits per heavy atom. The number of rotatable bonds is 3. The molecule has 3 aromatic rings. The van der Waals surface area contributed by atoms with Crippen LogP contribution in [0.25, 0.3) is 11.4 Å². The summed E-state index contributed by atoms with van der Waals surface area (Å²) >= 11 is 6.75. The van der Waals surface area contributed by atoms with Gasteiger partial charge in [0.05, 0.1) is 0 Å². The molecular weight excluding hydrogens is 721 g/mol. The molecular formula is C18H20I2N4Pt. The van der Waals surface area contributed by atoms with Gasteiger partial charge in [0, 0.05) is 52.3 Å². The van der Waals surface area contributed by atoms with E-state index in [1.54, 1.807) is 0 Å². The topological polar surface area (TPSA) is 36.9 Å². The first-order valence-corrected chi connectivity index (χ1v) is 10.7. The van der Waals surface area contributed by atoms with Crippen molar-refractivity contribution < 1.29 is 19.4 Å². The van der Waals surface area contributed by atoms with Crippen LogP contribution in [-0.4, -0.2) is 16.1 Å². The van der Waals surface area contributed by atoms with Gasteiger partial charge in [0.2, 0.25) is 0 Å². The van der Waals surface area contributed by atoms with Gasteiger partial charge in [-0.2, -0.15) is 1.33 Å². The summed E-state index contributed by atoms with van der Waals surface area (Å²) in [4.78, 5) is 4.38. The van der Waals surface area contributed by atoms with Gasteiger partial charge in [0.15, 0.2) is 0 Å². The molecule has 7 heteroatoms. The van der Waals surface area contributed by atoms with Gasteiger partial charge in [-0.3, -0.25) is 0 Å². The number of H-pyrrole nitrogens is 1. The Kier molecular flexibility index (Phi) is 8.51. The summed E-state index contributed by atoms with van der Waals surface area (Å²) < 4.78 is 4.97. The molecule has 0 aliphatic heterocycles. The fourth-order valence-corrected chi connectivity index (χ4v) is 3.32. The predicted molar refractivity (Wildman–Crippen MR) is 116 cm³/mol. The van der Waals surface area contributed by atoms with Crippen LogP contribution < -0.4 is 0 Å². The maximum atomic E-state index is 4.38. The molecule has 0 atom stereocenters. The molecule has 0 aliphatic rings. The van der Waals surface area contributed by atoms with Crippen molar-refractivity contribution in [2.45, 2.75) is 20.4 Å². The molecule has 1 aromatic heterocycles. The van der Waals surface area contributed by atoms with E-state index in [2.05, 4.69) is 109 Å². The molecule has 1 heterocycles. The fraction of sp³-hybridized carbons (Fsp3) is 0.222. The van der Waals surface area contributed by atoms with E-state index < -0.39 is 0 Å². The van der Waals surface area contributed by atoms with Gasteiger partial charge < -0.3 is 0 Å². The van der Waals surface area contributed by atoms with E-state index in [-0.39, 0.29) is 0 Å². The number of nitrogens with zero attached hydrogens (tertiary/aromatic N) is 3. The molecule has 0 fully saturated rings. The van der Waals surface area contributed by atoms with Crippen molar-refractivity contribution in [3.63, 3.8) is 0 Å². The predicted octanol–water partition coefficient (Wildman–Crippen LogP) is 5.30. The molecule has 0 saturated heterocycles. The zero-order valence-corrected chi connectivity index (χ0v) is 20.8. The van der Waals surface area contributed by atoms with Crippen LogP contribution in [0.15, 0.2) is 48.5 Å². The third-order valence-corrected chi connectivity index (χ3v) is 5.35. The number of halogens is 2. The molecule has 25 heavy (non-hydrogen) atoms. The Hall–Kier alpha value is -0.312. The van der Waals surface area contributed by atoms with Gasteiger partial charge in [0.25, 0.3) is 0 Å². The van der Waals surface area contributed by atoms with Crippen molar-refractivity contribution >= 4 is 45.7 Å². The first kappa shape index (κ1) is 21.0. The number of hydrogen-bond donors (Lipinski definition) is 1. The van der Waals surface area contributed by atoms with Gasteiger partial charge in [-0.25, -0.2) is 0 Å². The van der Waals surface area contributed by atoms with Crippen LogP contribution in [0, 0.1) is 17.7 Å². The van der Waals surface area contributed by atoms with Crippen LogP contribution in [0.2, 0.25) is 0 Å². The summed E-state index contributed by atoms with van der Waals surface area (Å²) in [6, 6.07) is 16.7. The average molecular weight is 741 g/mol. The molecule has 0 spiro atoms. The molecule has 0 radical (unpaired) electrons. The average Bonchev–Trinajstić information content (AvgIpc) is 2.91. The van der Waals surface area contributed by atoms with Gasteiger partial charge in [-0.15, -0.1) is 0 Å². The van der Waals surface area contributed by atoms with Gasteiger partial charge >= 0.3 is 86.7 Å². The van der Waals surface area contributed by atoms with Crippen LogP contribution in [0.3, 0.4) is 0 Å². The third-order valence-electron chi connectivity index (χ3n) is 3.65. The van der Waals surface area contributed by atoms with Crippen molar-refractivity contribution in [2.75, 3.05) is 0 Å². The Balaban J connectivity index is 0.000000181. The first-order chi connectivity index (χ1) is 11.9. The molecule has 2 aromatic carbocycles. The number of aryl methyl sites for hydroxylation is 3. The molecule has 0 amide bonds. The summed E-state index contributed by atoms with van der Waals surface area (Å²) in [5, 5.41) is 3.16. The molecule has 0 bridgehead atoms. The number of aromatic nitrogens is 3. The SMILES string of the molecule is Cc1ccc(CN(I)I)cc1C.Cn1[nH]c(-c2ccccc2)n[c]1=[Pt]. The Bertz CT molecular complexity index is 872. The zero-order valence-electron chi connectivity index (χ0n) is 14.2. The monoisotopic (exact) mass is 741 g/mol. The normalized spacial score (nSPS) is 10.6. The molecule has 1 N–H and O–H groups in total. The number of nitrogens with one attached hydrogen (secondary N) is 1. The molecule has 136 valence electrons. The number of benzene rings is 2. The summed E-state index contributed by atoms with van der Waals surface area (Å²) in [5.41, 5.74) is 5.23. The van der Waals surface area contributed by atoms with Crippen molar-refractivity contribution in [1.82, 2.24) is 16.1 Å². The number of aromatic amines is 1. The minimum atomic E-state index is 0.910. The quantitative estimate of drug-likeness (QED) is 0.293. The second-order valence-corrected chi connectivity index (χ2v) is 10.8. The molecule has 4 nitrogen and oxygen atoms in total. The van der Waals surface area contributed by atoms with E-state index in [9.17, 15) is 0 Å². The van der Waals surface area contributed by atoms with Gasteiger partial charge in [-0.05, 0) is 30.5 Å². The summed E-state index contributed by atoms with van der Waals surface area (Å²) in [5.74, 6) is 0.910. The van der Waals surface area contributed by atoms with Crippen LogP contribution in [-0.2, 0) is 32.9 Å². The van der Waals surface area contributed by atoms with E-state index in [4.69, 9.17) is 0 Å². The van der Waals surface area contributed by atoms with Crippen molar-refractivity contribution in [3.05, 3.63) is 69.0 Å². The standard InChI is InChI=1S/C9H11I2N.C9H9N3.Pt/c1-7-3-4-9(5-8(7)2)6-12(10)11;1-12-7-10-9(11-12)8-5-3-2-4-6-8;/h3-5H,6H2,1-2H3;2-6H,1H3,(H,10,11);. The van der Waals surface area contributed by atoms with Crippen LogP contribution in [0.5, 0.6) is 0 Å². The third kappa shape index (κ3) is 6.73. The van der Waals surface area contributed by atoms with E-state index in [0.717, 1.165) is 21.7 Å². The second-order valence-electron chi connectivity index (χ2n) is 5.62. The van der Waals surface area contributed by atoms with E-state index in [1.807, 2.05) is 42.1 Å². The second kappa shape index (κ2) is 10.1. The van der Waals surface area contributed by atoms with Gasteiger partial charge in [-0.1, -0.05) is 18.2 Å². The van der Waals surface area contributed by atoms with E-state index in [1.165, 1.54) is 16.7 Å². The van der Waals surface area contributed by atoms with Crippen molar-refractivity contribution in [3.8, 4) is 11.4 Å².